The maximum Gasteiger partial charge on any atom is 0.270 e. The third kappa shape index (κ3) is 4.45. The lowest BCUT2D eigenvalue weighted by molar-refractivity contribution is 0.0782. The van der Waals surface area contributed by atoms with Gasteiger partial charge in [-0.2, -0.15) is 0 Å². The number of aliphatic hydroxyl groups excluding tert-OH is 1. The Balaban J connectivity index is 1.73. The minimum atomic E-state index is -0.294. The number of ether oxygens (including phenoxy) is 2. The molecule has 0 bridgehead atoms. The molecule has 0 spiro atoms. The lowest BCUT2D eigenvalue weighted by Crippen LogP contribution is -2.52. The summed E-state index contributed by atoms with van der Waals surface area (Å²) in [5, 5.41) is 12.3. The Bertz CT molecular complexity index is 627. The van der Waals surface area contributed by atoms with Crippen LogP contribution < -0.4 is 15.0 Å². The molecule has 7 nitrogen and oxygen atoms in total. The van der Waals surface area contributed by atoms with Gasteiger partial charge < -0.3 is 24.8 Å². The molecule has 1 amide bonds. The van der Waals surface area contributed by atoms with Crippen LogP contribution in [0.3, 0.4) is 0 Å². The topological polar surface area (TPSA) is 83.9 Å². The molecule has 1 saturated carbocycles. The molecule has 144 valence electrons. The number of aliphatic hydroxyl groups is 1. The zero-order chi connectivity index (χ0) is 18.7. The number of anilines is 1. The molecule has 0 radical (unpaired) electrons. The number of carbonyl (C=O) groups excluding carboxylic acids is 1. The van der Waals surface area contributed by atoms with Crippen LogP contribution in [-0.4, -0.2) is 61.6 Å². The number of hydrogen-bond donors (Lipinski definition) is 2. The first kappa shape index (κ1) is 18.9. The first-order valence-electron chi connectivity index (χ1n) is 9.35. The van der Waals surface area contributed by atoms with Crippen molar-refractivity contribution in [2.45, 2.75) is 38.8 Å². The fraction of sp³-hybridized carbons (Fsp3) is 0.684. The summed E-state index contributed by atoms with van der Waals surface area (Å²) in [6.45, 7) is 6.04. The number of nitrogens with zero attached hydrogens (tertiary/aromatic N) is 2. The maximum atomic E-state index is 12.5. The van der Waals surface area contributed by atoms with Gasteiger partial charge in [0.05, 0.1) is 25.4 Å². The zero-order valence-corrected chi connectivity index (χ0v) is 15.8. The van der Waals surface area contributed by atoms with Crippen LogP contribution in [0.1, 0.15) is 37.2 Å². The average Bonchev–Trinajstić information content (AvgIpc) is 3.41. The quantitative estimate of drug-likeness (QED) is 0.691. The van der Waals surface area contributed by atoms with Crippen LogP contribution in [0.4, 0.5) is 5.69 Å². The first-order valence-corrected chi connectivity index (χ1v) is 9.35. The van der Waals surface area contributed by atoms with Crippen molar-refractivity contribution >= 4 is 11.6 Å². The van der Waals surface area contributed by atoms with Crippen molar-refractivity contribution < 1.29 is 19.4 Å². The highest BCUT2D eigenvalue weighted by molar-refractivity contribution is 5.93. The Morgan fingerprint density at radius 1 is 1.38 bits per heavy atom. The highest BCUT2D eigenvalue weighted by Crippen LogP contribution is 2.34. The van der Waals surface area contributed by atoms with Crippen molar-refractivity contribution in [3.63, 3.8) is 0 Å². The standard InChI is InChI=1S/C19H29N3O4/c1-12(2)16(10-23)20-18(24)15-6-7-17(22-8-14(9-22)25-3)19(21-15)26-11-13-4-5-13/h6-7,12-14,16,23H,4-5,8-11H2,1-3H3,(H,20,24)/t16-/m1/s1. The number of rotatable bonds is 9. The summed E-state index contributed by atoms with van der Waals surface area (Å²) in [5.41, 5.74) is 1.21. The average molecular weight is 363 g/mol. The van der Waals surface area contributed by atoms with Gasteiger partial charge >= 0.3 is 0 Å². The predicted octanol–water partition coefficient (Wildman–Crippen LogP) is 1.45. The number of methoxy groups -OCH3 is 1. The van der Waals surface area contributed by atoms with Crippen LogP contribution >= 0.6 is 0 Å². The molecule has 1 aromatic rings. The molecule has 2 fully saturated rings. The van der Waals surface area contributed by atoms with Gasteiger partial charge in [0, 0.05) is 20.2 Å². The second kappa shape index (κ2) is 8.22. The van der Waals surface area contributed by atoms with Crippen molar-refractivity contribution in [3.05, 3.63) is 17.8 Å². The largest absolute Gasteiger partial charge is 0.476 e. The van der Waals surface area contributed by atoms with Crippen LogP contribution in [0.25, 0.3) is 0 Å². The Morgan fingerprint density at radius 2 is 2.12 bits per heavy atom. The second-order valence-corrected chi connectivity index (χ2v) is 7.54. The van der Waals surface area contributed by atoms with E-state index in [4.69, 9.17) is 9.47 Å². The van der Waals surface area contributed by atoms with E-state index in [1.165, 1.54) is 12.8 Å². The molecule has 0 unspecified atom stereocenters. The normalized spacial score (nSPS) is 18.6. The Labute approximate surface area is 154 Å². The van der Waals surface area contributed by atoms with Gasteiger partial charge in [0.15, 0.2) is 0 Å². The molecule has 1 aromatic heterocycles. The summed E-state index contributed by atoms with van der Waals surface area (Å²) in [6.07, 6.45) is 2.61. The van der Waals surface area contributed by atoms with E-state index in [9.17, 15) is 9.90 Å². The van der Waals surface area contributed by atoms with Crippen molar-refractivity contribution in [1.29, 1.82) is 0 Å². The van der Waals surface area contributed by atoms with E-state index in [1.807, 2.05) is 19.9 Å². The highest BCUT2D eigenvalue weighted by Gasteiger charge is 2.31. The summed E-state index contributed by atoms with van der Waals surface area (Å²) in [4.78, 5) is 19.1. The third-order valence-corrected chi connectivity index (χ3v) is 5.07. The second-order valence-electron chi connectivity index (χ2n) is 7.54. The van der Waals surface area contributed by atoms with E-state index >= 15 is 0 Å². The van der Waals surface area contributed by atoms with Crippen molar-refractivity contribution in [1.82, 2.24) is 10.3 Å². The van der Waals surface area contributed by atoms with Gasteiger partial charge in [0.25, 0.3) is 5.91 Å². The fourth-order valence-electron chi connectivity index (χ4n) is 2.84. The summed E-state index contributed by atoms with van der Waals surface area (Å²) >= 11 is 0. The number of pyridine rings is 1. The lowest BCUT2D eigenvalue weighted by atomic mass is 10.1. The summed E-state index contributed by atoms with van der Waals surface area (Å²) in [7, 11) is 1.71. The third-order valence-electron chi connectivity index (χ3n) is 5.07. The number of hydrogen-bond acceptors (Lipinski definition) is 6. The molecular formula is C19H29N3O4. The Hall–Kier alpha value is -1.86. The maximum absolute atomic E-state index is 12.5. The molecule has 2 aliphatic rings. The van der Waals surface area contributed by atoms with Gasteiger partial charge in [-0.3, -0.25) is 4.79 Å². The number of aromatic nitrogens is 1. The zero-order valence-electron chi connectivity index (χ0n) is 15.8. The minimum Gasteiger partial charge on any atom is -0.476 e. The molecule has 7 heteroatoms. The fourth-order valence-corrected chi connectivity index (χ4v) is 2.84. The van der Waals surface area contributed by atoms with E-state index in [0.717, 1.165) is 18.8 Å². The van der Waals surface area contributed by atoms with Gasteiger partial charge in [-0.1, -0.05) is 13.8 Å². The van der Waals surface area contributed by atoms with Crippen molar-refractivity contribution in [2.75, 3.05) is 38.3 Å². The molecule has 1 saturated heterocycles. The SMILES string of the molecule is COC1CN(c2ccc(C(=O)N[C@H](CO)C(C)C)nc2OCC2CC2)C1. The molecule has 1 aliphatic heterocycles. The molecule has 2 N–H and O–H groups in total. The van der Waals surface area contributed by atoms with Crippen LogP contribution in [0.2, 0.25) is 0 Å². The van der Waals surface area contributed by atoms with E-state index in [2.05, 4.69) is 15.2 Å². The van der Waals surface area contributed by atoms with E-state index < -0.39 is 0 Å². The number of amides is 1. The smallest absolute Gasteiger partial charge is 0.270 e. The van der Waals surface area contributed by atoms with Crippen molar-refractivity contribution in [2.24, 2.45) is 11.8 Å². The van der Waals surface area contributed by atoms with E-state index in [1.54, 1.807) is 13.2 Å². The van der Waals surface area contributed by atoms with Gasteiger partial charge in [-0.05, 0) is 36.8 Å². The molecule has 3 rings (SSSR count). The van der Waals surface area contributed by atoms with E-state index in [-0.39, 0.29) is 30.6 Å². The van der Waals surface area contributed by atoms with Gasteiger partial charge in [0.1, 0.15) is 11.4 Å². The molecule has 0 aromatic carbocycles. The first-order chi connectivity index (χ1) is 12.5. The highest BCUT2D eigenvalue weighted by atomic mass is 16.5. The molecule has 1 aliphatic carbocycles. The molecular weight excluding hydrogens is 334 g/mol. The van der Waals surface area contributed by atoms with Gasteiger partial charge in [-0.15, -0.1) is 0 Å². The number of carbonyl (C=O) groups is 1. The van der Waals surface area contributed by atoms with Gasteiger partial charge in [-0.25, -0.2) is 4.98 Å². The lowest BCUT2D eigenvalue weighted by Gasteiger charge is -2.40. The minimum absolute atomic E-state index is 0.0985. The molecule has 2 heterocycles. The molecule has 1 atom stereocenters. The van der Waals surface area contributed by atoms with Crippen molar-refractivity contribution in [3.8, 4) is 5.88 Å². The summed E-state index contributed by atoms with van der Waals surface area (Å²) in [6, 6.07) is 3.31. The monoisotopic (exact) mass is 363 g/mol. The predicted molar refractivity (Wildman–Crippen MR) is 98.6 cm³/mol. The molecule has 26 heavy (non-hydrogen) atoms. The van der Waals surface area contributed by atoms with Crippen LogP contribution in [0, 0.1) is 11.8 Å². The summed E-state index contributed by atoms with van der Waals surface area (Å²) in [5.74, 6) is 0.953. The summed E-state index contributed by atoms with van der Waals surface area (Å²) < 4.78 is 11.3. The van der Waals surface area contributed by atoms with E-state index in [0.29, 0.717) is 24.1 Å². The van der Waals surface area contributed by atoms with Crippen LogP contribution in [0.15, 0.2) is 12.1 Å². The van der Waals surface area contributed by atoms with Crippen LogP contribution in [-0.2, 0) is 4.74 Å². The Kier molecular flexibility index (Phi) is 5.98. The number of nitrogens with one attached hydrogen (secondary N) is 1. The van der Waals surface area contributed by atoms with Crippen LogP contribution in [0.5, 0.6) is 5.88 Å². The Morgan fingerprint density at radius 3 is 2.69 bits per heavy atom. The van der Waals surface area contributed by atoms with Gasteiger partial charge in [0.2, 0.25) is 5.88 Å².